The average Bonchev–Trinajstić information content (AvgIpc) is 2.86. The number of carbonyl (C=O) groups is 1. The molecule has 80 valence electrons. The first-order chi connectivity index (χ1) is 7.08. The Morgan fingerprint density at radius 1 is 1.80 bits per heavy atom. The van der Waals surface area contributed by atoms with Crippen LogP contribution in [0.5, 0.6) is 0 Å². The Kier molecular flexibility index (Phi) is 2.39. The Hall–Kier alpha value is -1.50. The highest BCUT2D eigenvalue weighted by molar-refractivity contribution is 7.13. The number of aromatic nitrogens is 1. The number of nitrogens with one attached hydrogen (secondary N) is 1. The molecule has 0 spiro atoms. The molecule has 1 aliphatic carbocycles. The van der Waals surface area contributed by atoms with Crippen LogP contribution < -0.4 is 5.32 Å². The predicted molar refractivity (Wildman–Crippen MR) is 54.4 cm³/mol. The number of amides is 1. The van der Waals surface area contributed by atoms with E-state index in [9.17, 15) is 14.9 Å². The number of carbonyl (C=O) groups excluding carboxylic acids is 1. The van der Waals surface area contributed by atoms with Gasteiger partial charge in [-0.2, -0.15) is 0 Å². The van der Waals surface area contributed by atoms with Gasteiger partial charge in [-0.1, -0.05) is 0 Å². The summed E-state index contributed by atoms with van der Waals surface area (Å²) in [7, 11) is 0. The standard InChI is InChI=1S/C8H9N3O3S/c1-4-3-15-8(9-4)10-7(12)5-2-6(5)11(13)14/h3,5-6H,2H2,1H3,(H,9,10,12)/t5-,6+/m0/s1. The first-order valence-electron chi connectivity index (χ1n) is 4.44. The van der Waals surface area contributed by atoms with Gasteiger partial charge in [0.25, 0.3) is 0 Å². The van der Waals surface area contributed by atoms with Crippen LogP contribution in [0, 0.1) is 23.0 Å². The van der Waals surface area contributed by atoms with Crippen LogP contribution in [0.25, 0.3) is 0 Å². The maximum absolute atomic E-state index is 11.4. The molecule has 6 nitrogen and oxygen atoms in total. The fraction of sp³-hybridized carbons (Fsp3) is 0.500. The number of nitro groups is 1. The summed E-state index contributed by atoms with van der Waals surface area (Å²) in [5.74, 6) is -0.782. The van der Waals surface area contributed by atoms with Crippen molar-refractivity contribution < 1.29 is 9.72 Å². The lowest BCUT2D eigenvalue weighted by atomic mass is 10.4. The molecule has 1 saturated carbocycles. The number of rotatable bonds is 3. The number of thiazole rings is 1. The van der Waals surface area contributed by atoms with E-state index in [2.05, 4.69) is 10.3 Å². The fourth-order valence-corrected chi connectivity index (χ4v) is 2.00. The van der Waals surface area contributed by atoms with Crippen LogP contribution in [0.3, 0.4) is 0 Å². The minimum atomic E-state index is -0.703. The second kappa shape index (κ2) is 3.58. The first-order valence-corrected chi connectivity index (χ1v) is 5.32. The van der Waals surface area contributed by atoms with Crippen LogP contribution in [0.1, 0.15) is 12.1 Å². The molecule has 1 aliphatic rings. The SMILES string of the molecule is Cc1csc(NC(=O)[C@H]2C[C@H]2[N+](=O)[O-])n1. The molecule has 2 atom stereocenters. The molecule has 0 saturated heterocycles. The predicted octanol–water partition coefficient (Wildman–Crippen LogP) is 1.06. The lowest BCUT2D eigenvalue weighted by Crippen LogP contribution is -2.18. The van der Waals surface area contributed by atoms with E-state index in [0.717, 1.165) is 5.69 Å². The number of aryl methyl sites for hydroxylation is 1. The molecule has 1 amide bonds. The second-order valence-electron chi connectivity index (χ2n) is 3.48. The molecule has 1 aromatic rings. The Morgan fingerprint density at radius 3 is 3.00 bits per heavy atom. The largest absolute Gasteiger partial charge is 0.301 e. The van der Waals surface area contributed by atoms with Gasteiger partial charge in [-0.3, -0.25) is 14.9 Å². The van der Waals surface area contributed by atoms with Crippen LogP contribution >= 0.6 is 11.3 Å². The highest BCUT2D eigenvalue weighted by atomic mass is 32.1. The van der Waals surface area contributed by atoms with E-state index >= 15 is 0 Å². The van der Waals surface area contributed by atoms with Gasteiger partial charge in [0.1, 0.15) is 5.92 Å². The number of nitrogens with zero attached hydrogens (tertiary/aromatic N) is 2. The summed E-state index contributed by atoms with van der Waals surface area (Å²) in [6.45, 7) is 1.82. The molecule has 7 heteroatoms. The van der Waals surface area contributed by atoms with Crippen molar-refractivity contribution >= 4 is 22.4 Å². The van der Waals surface area contributed by atoms with Crippen LogP contribution in [0.4, 0.5) is 5.13 Å². The zero-order valence-electron chi connectivity index (χ0n) is 7.97. The molecule has 1 N–H and O–H groups in total. The highest BCUT2D eigenvalue weighted by Gasteiger charge is 2.53. The molecular weight excluding hydrogens is 218 g/mol. The Balaban J connectivity index is 1.92. The van der Waals surface area contributed by atoms with E-state index in [4.69, 9.17) is 0 Å². The zero-order valence-corrected chi connectivity index (χ0v) is 8.78. The van der Waals surface area contributed by atoms with Gasteiger partial charge >= 0.3 is 0 Å². The summed E-state index contributed by atoms with van der Waals surface area (Å²) in [6.07, 6.45) is 0.336. The molecule has 2 rings (SSSR count). The van der Waals surface area contributed by atoms with E-state index in [1.54, 1.807) is 0 Å². The maximum atomic E-state index is 11.4. The first kappa shape index (κ1) is 10.0. The summed E-state index contributed by atoms with van der Waals surface area (Å²) in [5, 5.41) is 15.2. The molecule has 0 bridgehead atoms. The van der Waals surface area contributed by atoms with Crippen molar-refractivity contribution in [2.45, 2.75) is 19.4 Å². The Labute approximate surface area is 89.5 Å². The quantitative estimate of drug-likeness (QED) is 0.618. The van der Waals surface area contributed by atoms with Crippen molar-refractivity contribution in [3.63, 3.8) is 0 Å². The van der Waals surface area contributed by atoms with E-state index in [-0.39, 0.29) is 5.91 Å². The molecule has 15 heavy (non-hydrogen) atoms. The topological polar surface area (TPSA) is 85.1 Å². The molecule has 0 unspecified atom stereocenters. The van der Waals surface area contributed by atoms with Gasteiger partial charge in [-0.05, 0) is 6.92 Å². The lowest BCUT2D eigenvalue weighted by Gasteiger charge is -1.97. The summed E-state index contributed by atoms with van der Waals surface area (Å²) in [5.41, 5.74) is 0.830. The third-order valence-corrected chi connectivity index (χ3v) is 3.09. The van der Waals surface area contributed by atoms with E-state index in [1.807, 2.05) is 12.3 Å². The molecular formula is C8H9N3O3S. The second-order valence-corrected chi connectivity index (χ2v) is 4.34. The van der Waals surface area contributed by atoms with Gasteiger partial charge in [0.15, 0.2) is 5.13 Å². The van der Waals surface area contributed by atoms with Crippen molar-refractivity contribution in [2.24, 2.45) is 5.92 Å². The van der Waals surface area contributed by atoms with Gasteiger partial charge in [0, 0.05) is 16.7 Å². The smallest absolute Gasteiger partial charge is 0.236 e. The third-order valence-electron chi connectivity index (χ3n) is 2.21. The Bertz CT molecular complexity index is 417. The average molecular weight is 227 g/mol. The van der Waals surface area contributed by atoms with Crippen molar-refractivity contribution in [1.82, 2.24) is 4.98 Å². The monoisotopic (exact) mass is 227 g/mol. The minimum absolute atomic E-state index is 0.300. The zero-order chi connectivity index (χ0) is 11.0. The van der Waals surface area contributed by atoms with Crippen molar-refractivity contribution in [3.8, 4) is 0 Å². The summed E-state index contributed by atoms with van der Waals surface area (Å²) >= 11 is 1.32. The number of hydrogen-bond acceptors (Lipinski definition) is 5. The number of hydrogen-bond donors (Lipinski definition) is 1. The molecule has 1 fully saturated rings. The van der Waals surface area contributed by atoms with Crippen LogP contribution in [0.15, 0.2) is 5.38 Å². The van der Waals surface area contributed by atoms with E-state index in [1.165, 1.54) is 11.3 Å². The molecule has 0 radical (unpaired) electrons. The van der Waals surface area contributed by atoms with Crippen LogP contribution in [-0.4, -0.2) is 21.9 Å². The van der Waals surface area contributed by atoms with Gasteiger partial charge in [-0.25, -0.2) is 4.98 Å². The molecule has 0 aromatic carbocycles. The molecule has 1 aromatic heterocycles. The summed E-state index contributed by atoms with van der Waals surface area (Å²) in [4.78, 5) is 25.4. The fourth-order valence-electron chi connectivity index (χ4n) is 1.31. The summed E-state index contributed by atoms with van der Waals surface area (Å²) in [6, 6.07) is -0.703. The van der Waals surface area contributed by atoms with E-state index < -0.39 is 16.9 Å². The van der Waals surface area contributed by atoms with Gasteiger partial charge < -0.3 is 5.32 Å². The number of anilines is 1. The van der Waals surface area contributed by atoms with Gasteiger partial charge in [0.05, 0.1) is 5.69 Å². The van der Waals surface area contributed by atoms with Gasteiger partial charge in [-0.15, -0.1) is 11.3 Å². The van der Waals surface area contributed by atoms with Crippen LogP contribution in [0.2, 0.25) is 0 Å². The van der Waals surface area contributed by atoms with Crippen molar-refractivity contribution in [3.05, 3.63) is 21.2 Å². The van der Waals surface area contributed by atoms with Crippen LogP contribution in [-0.2, 0) is 4.79 Å². The highest BCUT2D eigenvalue weighted by Crippen LogP contribution is 2.34. The Morgan fingerprint density at radius 2 is 2.53 bits per heavy atom. The van der Waals surface area contributed by atoms with Crippen molar-refractivity contribution in [1.29, 1.82) is 0 Å². The van der Waals surface area contributed by atoms with E-state index in [0.29, 0.717) is 11.6 Å². The normalized spacial score (nSPS) is 23.5. The third kappa shape index (κ3) is 2.12. The van der Waals surface area contributed by atoms with Gasteiger partial charge in [0.2, 0.25) is 11.9 Å². The molecule has 1 heterocycles. The van der Waals surface area contributed by atoms with Crippen molar-refractivity contribution in [2.75, 3.05) is 5.32 Å². The molecule has 0 aliphatic heterocycles. The summed E-state index contributed by atoms with van der Waals surface area (Å²) < 4.78 is 0. The minimum Gasteiger partial charge on any atom is -0.301 e. The lowest BCUT2D eigenvalue weighted by molar-refractivity contribution is -0.497. The maximum Gasteiger partial charge on any atom is 0.236 e.